The first kappa shape index (κ1) is 13.7. The lowest BCUT2D eigenvalue weighted by Crippen LogP contribution is -2.43. The minimum Gasteiger partial charge on any atom is -0.224 e. The molecule has 0 aromatic carbocycles. The van der Waals surface area contributed by atoms with Crippen molar-refractivity contribution in [1.82, 2.24) is 4.57 Å². The van der Waals surface area contributed by atoms with E-state index in [4.69, 9.17) is 12.2 Å². The van der Waals surface area contributed by atoms with Crippen LogP contribution in [-0.4, -0.2) is 8.76 Å². The van der Waals surface area contributed by atoms with Crippen LogP contribution in [0.15, 0.2) is 0 Å². The van der Waals surface area contributed by atoms with Crippen molar-refractivity contribution in [1.29, 1.82) is 0 Å². The lowest BCUT2D eigenvalue weighted by atomic mass is 10.3. The summed E-state index contributed by atoms with van der Waals surface area (Å²) in [7, 11) is 0. The Morgan fingerprint density at radius 1 is 1.25 bits per heavy atom. The molecule has 90 valence electrons. The van der Waals surface area contributed by atoms with Gasteiger partial charge in [0, 0.05) is 13.8 Å². The predicted octanol–water partition coefficient (Wildman–Crippen LogP) is 3.16. The summed E-state index contributed by atoms with van der Waals surface area (Å²) < 4.78 is 5.20. The average Bonchev–Trinajstić information content (AvgIpc) is 2.39. The summed E-state index contributed by atoms with van der Waals surface area (Å²) in [5, 5.41) is 0. The summed E-state index contributed by atoms with van der Waals surface area (Å²) in [4.78, 5) is 0. The van der Waals surface area contributed by atoms with Gasteiger partial charge in [0.25, 0.3) is 0 Å². The molecule has 0 fully saturated rings. The van der Waals surface area contributed by atoms with E-state index in [1.807, 2.05) is 0 Å². The van der Waals surface area contributed by atoms with E-state index < -0.39 is 0 Å². The Morgan fingerprint density at radius 2 is 1.75 bits per heavy atom. The number of imidazole rings is 1. The molecule has 0 aliphatic carbocycles. The third kappa shape index (κ3) is 2.18. The zero-order valence-corrected chi connectivity index (χ0v) is 12.6. The zero-order valence-electron chi connectivity index (χ0n) is 10.9. The van der Waals surface area contributed by atoms with Gasteiger partial charge in [-0.1, -0.05) is 12.2 Å². The molecule has 0 amide bonds. The van der Waals surface area contributed by atoms with E-state index in [9.17, 15) is 0 Å². The van der Waals surface area contributed by atoms with E-state index in [1.54, 1.807) is 0 Å². The molecule has 0 radical (unpaired) electrons. The molecule has 1 aromatic rings. The van der Waals surface area contributed by atoms with Gasteiger partial charge < -0.3 is 0 Å². The van der Waals surface area contributed by atoms with Crippen LogP contribution in [0.2, 0.25) is 0 Å². The summed E-state index contributed by atoms with van der Waals surface area (Å²) in [6, 6.07) is 0.803. The van der Waals surface area contributed by atoms with Crippen molar-refractivity contribution in [2.24, 2.45) is 0 Å². The third-order valence-electron chi connectivity index (χ3n) is 2.93. The Bertz CT molecular complexity index is 386. The Hall–Kier alpha value is -0.350. The van der Waals surface area contributed by atoms with E-state index in [0.29, 0.717) is 16.3 Å². The summed E-state index contributed by atoms with van der Waals surface area (Å²) >= 11 is 9.64. The molecule has 0 bridgehead atoms. The van der Waals surface area contributed by atoms with Gasteiger partial charge in [0.2, 0.25) is 0 Å². The molecule has 4 heteroatoms. The van der Waals surface area contributed by atoms with Crippen molar-refractivity contribution in [3.63, 3.8) is 0 Å². The molecule has 16 heavy (non-hydrogen) atoms. The average molecular weight is 257 g/mol. The maximum atomic E-state index is 5.27. The quantitative estimate of drug-likeness (QED) is 0.497. The molecular weight excluding hydrogens is 236 g/mol. The maximum Gasteiger partial charge on any atom is 0.307 e. The first-order valence-corrected chi connectivity index (χ1v) is 6.50. The number of aromatic nitrogens is 2. The van der Waals surface area contributed by atoms with Gasteiger partial charge in [-0.2, -0.15) is 0 Å². The molecule has 0 saturated heterocycles. The van der Waals surface area contributed by atoms with Crippen molar-refractivity contribution in [2.45, 2.75) is 53.6 Å². The fraction of sp³-hybridized carbons (Fsp3) is 0.667. The van der Waals surface area contributed by atoms with Crippen molar-refractivity contribution < 1.29 is 4.57 Å². The molecular formula is C12H21N2S2+. The highest BCUT2D eigenvalue weighted by Gasteiger charge is 2.30. The molecule has 0 spiro atoms. The standard InChI is InChI=1S/C12H20N2S2/c1-7(2)13-9(5)10(6)14(8(3)4)11(13)12(15)16/h7-8H,1-6H3/p+1. The van der Waals surface area contributed by atoms with Crippen LogP contribution in [0, 0.1) is 13.8 Å². The van der Waals surface area contributed by atoms with E-state index >= 15 is 0 Å². The van der Waals surface area contributed by atoms with Gasteiger partial charge in [0.05, 0.1) is 12.1 Å². The van der Waals surface area contributed by atoms with Crippen molar-refractivity contribution in [3.8, 4) is 0 Å². The lowest BCUT2D eigenvalue weighted by Gasteiger charge is -2.08. The van der Waals surface area contributed by atoms with Gasteiger partial charge in [-0.05, 0) is 27.7 Å². The van der Waals surface area contributed by atoms with Crippen LogP contribution in [0.4, 0.5) is 0 Å². The second-order valence-corrected chi connectivity index (χ2v) is 5.89. The van der Waals surface area contributed by atoms with Gasteiger partial charge in [-0.15, -0.1) is 12.6 Å². The molecule has 1 heterocycles. The minimum atomic E-state index is 0.402. The summed E-state index contributed by atoms with van der Waals surface area (Å²) in [5.74, 6) is 1.05. The molecule has 0 unspecified atom stereocenters. The highest BCUT2D eigenvalue weighted by molar-refractivity contribution is 8.11. The van der Waals surface area contributed by atoms with E-state index in [0.717, 1.165) is 5.82 Å². The normalized spacial score (nSPS) is 11.6. The number of thiocarbonyl (C=S) groups is 1. The zero-order chi connectivity index (χ0) is 12.6. The number of nitrogens with zero attached hydrogens (tertiary/aromatic N) is 2. The van der Waals surface area contributed by atoms with Gasteiger partial charge >= 0.3 is 5.82 Å². The number of thiol groups is 1. The molecule has 0 atom stereocenters. The van der Waals surface area contributed by atoms with Crippen molar-refractivity contribution in [2.75, 3.05) is 0 Å². The predicted molar refractivity (Wildman–Crippen MR) is 75.6 cm³/mol. The van der Waals surface area contributed by atoms with Crippen LogP contribution in [0.5, 0.6) is 0 Å². The van der Waals surface area contributed by atoms with Gasteiger partial charge in [-0.25, -0.2) is 9.13 Å². The topological polar surface area (TPSA) is 8.81 Å². The Balaban J connectivity index is 3.62. The van der Waals surface area contributed by atoms with Crippen molar-refractivity contribution >= 4 is 29.0 Å². The van der Waals surface area contributed by atoms with Crippen LogP contribution in [0.3, 0.4) is 0 Å². The smallest absolute Gasteiger partial charge is 0.224 e. The molecule has 2 nitrogen and oxygen atoms in total. The van der Waals surface area contributed by atoms with E-state index in [1.165, 1.54) is 11.4 Å². The van der Waals surface area contributed by atoms with Crippen LogP contribution in [0.1, 0.15) is 57.0 Å². The summed E-state index contributed by atoms with van der Waals surface area (Å²) in [6.45, 7) is 13.0. The Morgan fingerprint density at radius 3 is 2.06 bits per heavy atom. The van der Waals surface area contributed by atoms with E-state index in [2.05, 4.69) is 63.3 Å². The summed E-state index contributed by atoms with van der Waals surface area (Å²) in [5.41, 5.74) is 2.55. The first-order valence-electron chi connectivity index (χ1n) is 5.65. The Labute approximate surface area is 109 Å². The van der Waals surface area contributed by atoms with Crippen molar-refractivity contribution in [3.05, 3.63) is 17.2 Å². The number of hydrogen-bond acceptors (Lipinski definition) is 1. The van der Waals surface area contributed by atoms with Gasteiger partial charge in [-0.3, -0.25) is 0 Å². The highest BCUT2D eigenvalue weighted by Crippen LogP contribution is 2.19. The molecule has 0 aliphatic rings. The monoisotopic (exact) mass is 257 g/mol. The molecule has 1 aromatic heterocycles. The number of hydrogen-bond donors (Lipinski definition) is 1. The van der Waals surface area contributed by atoms with Crippen LogP contribution >= 0.6 is 24.8 Å². The third-order valence-corrected chi connectivity index (χ3v) is 3.31. The van der Waals surface area contributed by atoms with Gasteiger partial charge in [0.1, 0.15) is 11.4 Å². The number of rotatable bonds is 3. The second kappa shape index (κ2) is 4.88. The van der Waals surface area contributed by atoms with Crippen LogP contribution in [0.25, 0.3) is 0 Å². The molecule has 0 N–H and O–H groups in total. The molecule has 1 rings (SSSR count). The van der Waals surface area contributed by atoms with Crippen LogP contribution in [-0.2, 0) is 0 Å². The second-order valence-electron chi connectivity index (χ2n) is 4.73. The first-order chi connectivity index (χ1) is 7.29. The van der Waals surface area contributed by atoms with Gasteiger partial charge in [0.15, 0.2) is 4.20 Å². The summed E-state index contributed by atoms with van der Waals surface area (Å²) in [6.07, 6.45) is 0. The molecule has 0 saturated carbocycles. The maximum absolute atomic E-state index is 5.27. The van der Waals surface area contributed by atoms with E-state index in [-0.39, 0.29) is 0 Å². The Kier molecular flexibility index (Phi) is 4.18. The minimum absolute atomic E-state index is 0.402. The molecule has 0 aliphatic heterocycles. The SMILES string of the molecule is Cc1c(C)[n+](C(C)C)c(C(=S)S)n1C(C)C. The lowest BCUT2D eigenvalue weighted by molar-refractivity contribution is -0.722. The fourth-order valence-corrected chi connectivity index (χ4v) is 2.66. The fourth-order valence-electron chi connectivity index (χ4n) is 2.25. The largest absolute Gasteiger partial charge is 0.307 e. The highest BCUT2D eigenvalue weighted by atomic mass is 32.1. The van der Waals surface area contributed by atoms with Crippen LogP contribution < -0.4 is 4.57 Å².